The van der Waals surface area contributed by atoms with Crippen LogP contribution in [0.2, 0.25) is 0 Å². The Kier molecular flexibility index (Phi) is 2.66. The number of rotatable bonds is 1. The molecule has 0 aliphatic carbocycles. The number of nitrogens with one attached hydrogen (secondary N) is 1. The molecular weight excluding hydrogens is 222 g/mol. The Morgan fingerprint density at radius 1 is 1.59 bits per heavy atom. The molecule has 17 heavy (non-hydrogen) atoms. The molecule has 1 aromatic rings. The van der Waals surface area contributed by atoms with Crippen LogP contribution in [0.4, 0.5) is 11.4 Å². The van der Waals surface area contributed by atoms with Gasteiger partial charge in [-0.05, 0) is 18.2 Å². The average Bonchev–Trinajstić information content (AvgIpc) is 2.36. The smallest absolute Gasteiger partial charge is 0.329 e. The maximum absolute atomic E-state index is 11.2. The minimum absolute atomic E-state index is 0.0146. The number of nitrogens with zero attached hydrogens (tertiary/aromatic N) is 2. The zero-order chi connectivity index (χ0) is 12.4. The third-order valence-corrected chi connectivity index (χ3v) is 2.38. The lowest BCUT2D eigenvalue weighted by atomic mass is 10.2. The molecule has 0 unspecified atom stereocenters. The van der Waals surface area contributed by atoms with Crippen molar-refractivity contribution >= 4 is 23.2 Å². The fourth-order valence-electron chi connectivity index (χ4n) is 1.47. The van der Waals surface area contributed by atoms with Crippen molar-refractivity contribution in [2.45, 2.75) is 0 Å². The highest BCUT2D eigenvalue weighted by Crippen LogP contribution is 2.31. The molecule has 1 aliphatic rings. The molecule has 6 heteroatoms. The number of anilines is 2. The predicted octanol–water partition coefficient (Wildman–Crippen LogP) is 0.504. The second kappa shape index (κ2) is 4.14. The van der Waals surface area contributed by atoms with Crippen LogP contribution in [-0.2, 0) is 9.59 Å². The standard InChI is InChI=1S/C11H9N3O3/c1-14(11(16)5-12)7-2-3-9-8(4-7)13-10(15)6-17-9/h2-4H,6H2,1H3,(H,13,15). The summed E-state index contributed by atoms with van der Waals surface area (Å²) in [5, 5.41) is 11.1. The van der Waals surface area contributed by atoms with Crippen molar-refractivity contribution in [3.8, 4) is 11.8 Å². The minimum atomic E-state index is -0.673. The van der Waals surface area contributed by atoms with E-state index in [1.54, 1.807) is 18.2 Å². The first-order chi connectivity index (χ1) is 8.11. The van der Waals surface area contributed by atoms with Gasteiger partial charge in [0.1, 0.15) is 5.75 Å². The van der Waals surface area contributed by atoms with Crippen LogP contribution in [0.3, 0.4) is 0 Å². The SMILES string of the molecule is CN(C(=O)C#N)c1ccc2c(c1)NC(=O)CO2. The van der Waals surface area contributed by atoms with Crippen LogP contribution in [0.25, 0.3) is 0 Å². The van der Waals surface area contributed by atoms with Crippen LogP contribution in [-0.4, -0.2) is 25.5 Å². The normalized spacial score (nSPS) is 12.8. The maximum atomic E-state index is 11.2. The first kappa shape index (κ1) is 11.0. The first-order valence-corrected chi connectivity index (χ1v) is 4.86. The molecule has 0 radical (unpaired) electrons. The fraction of sp³-hybridized carbons (Fsp3) is 0.182. The molecular formula is C11H9N3O3. The number of amides is 2. The van der Waals surface area contributed by atoms with E-state index in [9.17, 15) is 9.59 Å². The Hall–Kier alpha value is -2.55. The van der Waals surface area contributed by atoms with Crippen LogP contribution in [0.15, 0.2) is 18.2 Å². The van der Waals surface area contributed by atoms with E-state index in [0.717, 1.165) is 0 Å². The van der Waals surface area contributed by atoms with E-state index in [0.29, 0.717) is 17.1 Å². The number of hydrogen-bond donors (Lipinski definition) is 1. The van der Waals surface area contributed by atoms with Gasteiger partial charge in [-0.15, -0.1) is 0 Å². The lowest BCUT2D eigenvalue weighted by Crippen LogP contribution is -2.27. The van der Waals surface area contributed by atoms with E-state index < -0.39 is 5.91 Å². The summed E-state index contributed by atoms with van der Waals surface area (Å²) < 4.78 is 5.18. The van der Waals surface area contributed by atoms with Crippen molar-refractivity contribution in [3.05, 3.63) is 18.2 Å². The highest BCUT2D eigenvalue weighted by molar-refractivity contribution is 6.04. The van der Waals surface area contributed by atoms with Crippen LogP contribution in [0, 0.1) is 11.3 Å². The molecule has 1 heterocycles. The van der Waals surface area contributed by atoms with Crippen molar-refractivity contribution in [1.82, 2.24) is 0 Å². The zero-order valence-electron chi connectivity index (χ0n) is 9.06. The lowest BCUT2D eigenvalue weighted by molar-refractivity contribution is -0.118. The highest BCUT2D eigenvalue weighted by atomic mass is 16.5. The van der Waals surface area contributed by atoms with Crippen molar-refractivity contribution < 1.29 is 14.3 Å². The van der Waals surface area contributed by atoms with E-state index in [-0.39, 0.29) is 12.5 Å². The predicted molar refractivity (Wildman–Crippen MR) is 59.6 cm³/mol. The van der Waals surface area contributed by atoms with E-state index in [1.165, 1.54) is 18.0 Å². The van der Waals surface area contributed by atoms with Crippen LogP contribution >= 0.6 is 0 Å². The van der Waals surface area contributed by atoms with E-state index >= 15 is 0 Å². The van der Waals surface area contributed by atoms with Gasteiger partial charge in [-0.25, -0.2) is 0 Å². The van der Waals surface area contributed by atoms with Gasteiger partial charge >= 0.3 is 5.91 Å². The molecule has 2 rings (SSSR count). The molecule has 86 valence electrons. The summed E-state index contributed by atoms with van der Waals surface area (Å²) in [6.07, 6.45) is 0. The Bertz CT molecular complexity index is 533. The lowest BCUT2D eigenvalue weighted by Gasteiger charge is -2.20. The first-order valence-electron chi connectivity index (χ1n) is 4.86. The van der Waals surface area contributed by atoms with E-state index in [1.807, 2.05) is 0 Å². The molecule has 0 aromatic heterocycles. The average molecular weight is 231 g/mol. The summed E-state index contributed by atoms with van der Waals surface area (Å²) in [6, 6.07) is 6.39. The zero-order valence-corrected chi connectivity index (χ0v) is 9.06. The molecule has 2 amide bonds. The third kappa shape index (κ3) is 2.03. The summed E-state index contributed by atoms with van der Waals surface area (Å²) in [7, 11) is 1.48. The van der Waals surface area contributed by atoms with Gasteiger partial charge in [0.05, 0.1) is 5.69 Å². The summed E-state index contributed by atoms with van der Waals surface area (Å²) in [5.41, 5.74) is 1.01. The maximum Gasteiger partial charge on any atom is 0.329 e. The highest BCUT2D eigenvalue weighted by Gasteiger charge is 2.18. The number of benzene rings is 1. The number of ether oxygens (including phenoxy) is 1. The molecule has 0 saturated carbocycles. The van der Waals surface area contributed by atoms with Gasteiger partial charge in [0.15, 0.2) is 12.7 Å². The largest absolute Gasteiger partial charge is 0.482 e. The van der Waals surface area contributed by atoms with Crippen molar-refractivity contribution in [1.29, 1.82) is 5.26 Å². The van der Waals surface area contributed by atoms with Crippen LogP contribution in [0.1, 0.15) is 0 Å². The number of carbonyl (C=O) groups excluding carboxylic acids is 2. The van der Waals surface area contributed by atoms with Gasteiger partial charge in [-0.2, -0.15) is 5.26 Å². The summed E-state index contributed by atoms with van der Waals surface area (Å²) >= 11 is 0. The second-order valence-electron chi connectivity index (χ2n) is 3.49. The molecule has 0 spiro atoms. The quantitative estimate of drug-likeness (QED) is 0.713. The Morgan fingerprint density at radius 3 is 3.06 bits per heavy atom. The van der Waals surface area contributed by atoms with Crippen LogP contribution in [0.5, 0.6) is 5.75 Å². The summed E-state index contributed by atoms with van der Waals surface area (Å²) in [5.74, 6) is -0.372. The van der Waals surface area contributed by atoms with Crippen molar-refractivity contribution in [2.24, 2.45) is 0 Å². The van der Waals surface area contributed by atoms with Gasteiger partial charge in [0.2, 0.25) is 0 Å². The van der Waals surface area contributed by atoms with Gasteiger partial charge in [-0.1, -0.05) is 0 Å². The monoisotopic (exact) mass is 231 g/mol. The molecule has 0 atom stereocenters. The summed E-state index contributed by atoms with van der Waals surface area (Å²) in [6.45, 7) is -0.0146. The van der Waals surface area contributed by atoms with Gasteiger partial charge < -0.3 is 15.0 Å². The molecule has 0 bridgehead atoms. The van der Waals surface area contributed by atoms with Gasteiger partial charge in [0.25, 0.3) is 5.91 Å². The van der Waals surface area contributed by atoms with Gasteiger partial charge in [0, 0.05) is 12.7 Å². The second-order valence-corrected chi connectivity index (χ2v) is 3.49. The fourth-order valence-corrected chi connectivity index (χ4v) is 1.47. The Labute approximate surface area is 97.4 Å². The van der Waals surface area contributed by atoms with Crippen molar-refractivity contribution in [3.63, 3.8) is 0 Å². The molecule has 1 aromatic carbocycles. The molecule has 0 fully saturated rings. The minimum Gasteiger partial charge on any atom is -0.482 e. The number of fused-ring (bicyclic) bond motifs is 1. The number of carbonyl (C=O) groups is 2. The van der Waals surface area contributed by atoms with Crippen molar-refractivity contribution in [2.75, 3.05) is 23.9 Å². The Balaban J connectivity index is 2.33. The molecule has 1 N–H and O–H groups in total. The third-order valence-electron chi connectivity index (χ3n) is 2.38. The summed E-state index contributed by atoms with van der Waals surface area (Å²) in [4.78, 5) is 23.5. The topological polar surface area (TPSA) is 82.4 Å². The molecule has 0 saturated heterocycles. The molecule has 6 nitrogen and oxygen atoms in total. The Morgan fingerprint density at radius 2 is 2.35 bits per heavy atom. The number of hydrogen-bond acceptors (Lipinski definition) is 4. The van der Waals surface area contributed by atoms with E-state index in [4.69, 9.17) is 10.00 Å². The van der Waals surface area contributed by atoms with Crippen LogP contribution < -0.4 is 15.0 Å². The molecule has 1 aliphatic heterocycles. The van der Waals surface area contributed by atoms with Gasteiger partial charge in [-0.3, -0.25) is 9.59 Å². The van der Waals surface area contributed by atoms with E-state index in [2.05, 4.69) is 5.32 Å². The number of nitriles is 1.